The van der Waals surface area contributed by atoms with Gasteiger partial charge in [0.15, 0.2) is 11.4 Å². The van der Waals surface area contributed by atoms with Gasteiger partial charge in [-0.2, -0.15) is 4.98 Å². The van der Waals surface area contributed by atoms with Gasteiger partial charge in [0, 0.05) is 28.9 Å². The minimum Gasteiger partial charge on any atom is -0.504 e. The van der Waals surface area contributed by atoms with E-state index in [1.54, 1.807) is 22.9 Å². The van der Waals surface area contributed by atoms with Crippen LogP contribution < -0.4 is 5.56 Å². The lowest BCUT2D eigenvalue weighted by Gasteiger charge is -2.06. The molecule has 0 saturated heterocycles. The minimum absolute atomic E-state index is 0.00274. The van der Waals surface area contributed by atoms with E-state index in [0.717, 1.165) is 10.0 Å². The van der Waals surface area contributed by atoms with Crippen molar-refractivity contribution in [1.82, 2.24) is 9.38 Å². The second kappa shape index (κ2) is 5.09. The normalized spacial score (nSPS) is 10.8. The van der Waals surface area contributed by atoms with Crippen molar-refractivity contribution in [3.8, 4) is 5.75 Å². The summed E-state index contributed by atoms with van der Waals surface area (Å²) in [5.74, 6) is -0.00274. The molecule has 2 aromatic heterocycles. The van der Waals surface area contributed by atoms with E-state index in [0.29, 0.717) is 12.0 Å². The van der Waals surface area contributed by atoms with Crippen molar-refractivity contribution in [1.29, 1.82) is 0 Å². The summed E-state index contributed by atoms with van der Waals surface area (Å²) in [5.41, 5.74) is 1.56. The van der Waals surface area contributed by atoms with Gasteiger partial charge < -0.3 is 9.51 Å². The van der Waals surface area contributed by atoms with E-state index in [4.69, 9.17) is 0 Å². The molecule has 0 fully saturated rings. The van der Waals surface area contributed by atoms with Crippen LogP contribution in [0.4, 0.5) is 0 Å². The summed E-state index contributed by atoms with van der Waals surface area (Å²) in [7, 11) is 0. The Balaban J connectivity index is 2.11. The molecule has 3 rings (SSSR count). The average Bonchev–Trinajstić information content (AvgIpc) is 2.43. The van der Waals surface area contributed by atoms with Crippen LogP contribution in [0, 0.1) is 0 Å². The molecule has 0 saturated carbocycles. The summed E-state index contributed by atoms with van der Waals surface area (Å²) in [6.45, 7) is 0. The van der Waals surface area contributed by atoms with E-state index >= 15 is 0 Å². The first-order chi connectivity index (χ1) is 9.65. The van der Waals surface area contributed by atoms with Gasteiger partial charge in [-0.05, 0) is 23.8 Å². The smallest absolute Gasteiger partial charge is 0.276 e. The van der Waals surface area contributed by atoms with E-state index < -0.39 is 0 Å². The van der Waals surface area contributed by atoms with E-state index in [1.165, 1.54) is 6.07 Å². The van der Waals surface area contributed by atoms with E-state index in [1.807, 2.05) is 24.3 Å². The number of aromatic nitrogens is 2. The van der Waals surface area contributed by atoms with Gasteiger partial charge in [-0.1, -0.05) is 34.1 Å². The molecule has 3 aromatic rings. The predicted molar refractivity (Wildman–Crippen MR) is 80.1 cm³/mol. The number of nitrogens with zero attached hydrogens (tertiary/aromatic N) is 2. The quantitative estimate of drug-likeness (QED) is 0.786. The van der Waals surface area contributed by atoms with Crippen molar-refractivity contribution in [3.05, 3.63) is 74.7 Å². The van der Waals surface area contributed by atoms with Crippen molar-refractivity contribution >= 4 is 21.6 Å². The number of hydrogen-bond acceptors (Lipinski definition) is 3. The molecule has 0 aliphatic heterocycles. The molecule has 0 atom stereocenters. The monoisotopic (exact) mass is 330 g/mol. The Hall–Kier alpha value is -2.14. The second-order valence-electron chi connectivity index (χ2n) is 4.46. The van der Waals surface area contributed by atoms with Crippen molar-refractivity contribution in [3.63, 3.8) is 0 Å². The third-order valence-electron chi connectivity index (χ3n) is 3.09. The van der Waals surface area contributed by atoms with Gasteiger partial charge in [-0.3, -0.25) is 4.79 Å². The molecule has 0 aliphatic carbocycles. The molecule has 0 radical (unpaired) electrons. The molecule has 0 bridgehead atoms. The van der Waals surface area contributed by atoms with Gasteiger partial charge in [0.05, 0.1) is 0 Å². The Morgan fingerprint density at radius 3 is 2.75 bits per heavy atom. The zero-order chi connectivity index (χ0) is 14.1. The van der Waals surface area contributed by atoms with Crippen LogP contribution in [0.3, 0.4) is 0 Å². The fraction of sp³-hybridized carbons (Fsp3) is 0.0667. The molecule has 4 nitrogen and oxygen atoms in total. The third-order valence-corrected chi connectivity index (χ3v) is 3.86. The second-order valence-corrected chi connectivity index (χ2v) is 5.32. The molecular weight excluding hydrogens is 320 g/mol. The van der Waals surface area contributed by atoms with Gasteiger partial charge in [0.25, 0.3) is 5.56 Å². The topological polar surface area (TPSA) is 54.6 Å². The van der Waals surface area contributed by atoms with Crippen LogP contribution in [0.1, 0.15) is 11.1 Å². The van der Waals surface area contributed by atoms with E-state index in [2.05, 4.69) is 20.9 Å². The first-order valence-corrected chi connectivity index (χ1v) is 6.88. The molecule has 100 valence electrons. The first kappa shape index (κ1) is 12.9. The Kier molecular flexibility index (Phi) is 3.28. The number of benzene rings is 1. The number of rotatable bonds is 2. The summed E-state index contributed by atoms with van der Waals surface area (Å²) in [6.07, 6.45) is 3.96. The van der Waals surface area contributed by atoms with Crippen molar-refractivity contribution in [2.24, 2.45) is 0 Å². The summed E-state index contributed by atoms with van der Waals surface area (Å²) in [5, 5.41) is 9.69. The van der Waals surface area contributed by atoms with Crippen molar-refractivity contribution in [2.45, 2.75) is 6.42 Å². The van der Waals surface area contributed by atoms with Gasteiger partial charge in [0.2, 0.25) is 0 Å². The van der Waals surface area contributed by atoms with E-state index in [-0.39, 0.29) is 17.0 Å². The third kappa shape index (κ3) is 2.32. The first-order valence-electron chi connectivity index (χ1n) is 6.08. The zero-order valence-electron chi connectivity index (χ0n) is 10.5. The minimum atomic E-state index is -0.317. The summed E-state index contributed by atoms with van der Waals surface area (Å²) >= 11 is 3.47. The maximum Gasteiger partial charge on any atom is 0.276 e. The standard InChI is InChI=1S/C15H11BrN2O2/c16-12-5-2-1-4-10(12)8-11-9-18-7-3-6-13(19)14(18)17-15(11)20/h1-7,9,19H,8H2. The molecule has 0 spiro atoms. The highest BCUT2D eigenvalue weighted by Crippen LogP contribution is 2.19. The van der Waals surface area contributed by atoms with Gasteiger partial charge in [0.1, 0.15) is 0 Å². The van der Waals surface area contributed by atoms with E-state index in [9.17, 15) is 9.90 Å². The highest BCUT2D eigenvalue weighted by atomic mass is 79.9. The number of fused-ring (bicyclic) bond motifs is 1. The maximum atomic E-state index is 12.1. The molecule has 0 aliphatic rings. The lowest BCUT2D eigenvalue weighted by molar-refractivity contribution is 0.476. The Morgan fingerprint density at radius 1 is 1.15 bits per heavy atom. The number of aromatic hydroxyl groups is 1. The SMILES string of the molecule is O=c1nc2c(O)cccn2cc1Cc1ccccc1Br. The molecule has 1 N–H and O–H groups in total. The van der Waals surface area contributed by atoms with Crippen LogP contribution in [0.25, 0.3) is 5.65 Å². The maximum absolute atomic E-state index is 12.1. The fourth-order valence-electron chi connectivity index (χ4n) is 2.08. The van der Waals surface area contributed by atoms with Gasteiger partial charge in [-0.15, -0.1) is 0 Å². The number of pyridine rings is 1. The number of halogens is 1. The van der Waals surface area contributed by atoms with Crippen LogP contribution >= 0.6 is 15.9 Å². The van der Waals surface area contributed by atoms with Crippen LogP contribution in [-0.2, 0) is 6.42 Å². The van der Waals surface area contributed by atoms with Gasteiger partial charge >= 0.3 is 0 Å². The molecule has 0 unspecified atom stereocenters. The molecule has 1 aromatic carbocycles. The predicted octanol–water partition coefficient (Wildman–Crippen LogP) is 2.75. The molecular formula is C15H11BrN2O2. The largest absolute Gasteiger partial charge is 0.504 e. The van der Waals surface area contributed by atoms with Crippen LogP contribution in [-0.4, -0.2) is 14.5 Å². The zero-order valence-corrected chi connectivity index (χ0v) is 12.0. The lowest BCUT2D eigenvalue weighted by Crippen LogP contribution is -2.15. The molecule has 2 heterocycles. The summed E-state index contributed by atoms with van der Waals surface area (Å²) < 4.78 is 2.61. The van der Waals surface area contributed by atoms with Crippen LogP contribution in [0.5, 0.6) is 5.75 Å². The Labute approximate surface area is 123 Å². The summed E-state index contributed by atoms with van der Waals surface area (Å²) in [4.78, 5) is 16.0. The number of hydrogen-bond donors (Lipinski definition) is 1. The Morgan fingerprint density at radius 2 is 1.95 bits per heavy atom. The van der Waals surface area contributed by atoms with Crippen molar-refractivity contribution < 1.29 is 5.11 Å². The van der Waals surface area contributed by atoms with Gasteiger partial charge in [-0.25, -0.2) is 0 Å². The average molecular weight is 331 g/mol. The Bertz CT molecular complexity index is 843. The molecule has 5 heteroatoms. The molecule has 0 amide bonds. The van der Waals surface area contributed by atoms with Crippen LogP contribution in [0.15, 0.2) is 58.1 Å². The molecule has 20 heavy (non-hydrogen) atoms. The van der Waals surface area contributed by atoms with Crippen molar-refractivity contribution in [2.75, 3.05) is 0 Å². The lowest BCUT2D eigenvalue weighted by atomic mass is 10.1. The summed E-state index contributed by atoms with van der Waals surface area (Å²) in [6, 6.07) is 11.0. The fourth-order valence-corrected chi connectivity index (χ4v) is 2.51. The highest BCUT2D eigenvalue weighted by molar-refractivity contribution is 9.10. The van der Waals surface area contributed by atoms with Crippen LogP contribution in [0.2, 0.25) is 0 Å². The highest BCUT2D eigenvalue weighted by Gasteiger charge is 2.08.